The van der Waals surface area contributed by atoms with Crippen LogP contribution in [-0.4, -0.2) is 59.2 Å². The predicted molar refractivity (Wildman–Crippen MR) is 125 cm³/mol. The Balaban J connectivity index is 2.02. The molecule has 10 nitrogen and oxygen atoms in total. The maximum Gasteiger partial charge on any atom is 0.302 e. The van der Waals surface area contributed by atoms with E-state index in [1.54, 1.807) is 31.2 Å². The van der Waals surface area contributed by atoms with Gasteiger partial charge >= 0.3 is 5.97 Å². The Morgan fingerprint density at radius 3 is 2.24 bits per heavy atom. The van der Waals surface area contributed by atoms with Crippen LogP contribution in [0.4, 0.5) is 5.69 Å². The van der Waals surface area contributed by atoms with Gasteiger partial charge in [0.1, 0.15) is 24.7 Å². The van der Waals surface area contributed by atoms with E-state index in [2.05, 4.69) is 16.0 Å². The molecule has 0 aromatic heterocycles. The van der Waals surface area contributed by atoms with Gasteiger partial charge in [-0.2, -0.15) is 0 Å². The fraction of sp³-hybridized carbons (Fsp3) is 0.542. The molecule has 1 aromatic rings. The highest BCUT2D eigenvalue weighted by Gasteiger charge is 2.38. The Morgan fingerprint density at radius 1 is 1.03 bits per heavy atom. The van der Waals surface area contributed by atoms with Crippen LogP contribution in [0.2, 0.25) is 0 Å². The second-order valence-corrected chi connectivity index (χ2v) is 8.81. The van der Waals surface area contributed by atoms with Gasteiger partial charge in [0.15, 0.2) is 0 Å². The number of hydrogen-bond donors (Lipinski definition) is 3. The second kappa shape index (κ2) is 12.2. The number of benzene rings is 1. The van der Waals surface area contributed by atoms with Crippen LogP contribution in [-0.2, 0) is 35.3 Å². The van der Waals surface area contributed by atoms with Gasteiger partial charge in [0, 0.05) is 26.1 Å². The smallest absolute Gasteiger partial charge is 0.302 e. The van der Waals surface area contributed by atoms with Gasteiger partial charge in [0.05, 0.1) is 0 Å². The average molecular weight is 475 g/mol. The van der Waals surface area contributed by atoms with Crippen LogP contribution in [0.1, 0.15) is 53.0 Å². The number of esters is 1. The number of ether oxygens (including phenoxy) is 1. The maximum absolute atomic E-state index is 13.0. The summed E-state index contributed by atoms with van der Waals surface area (Å²) in [6.45, 7) is 8.45. The molecular formula is C24H34N4O6. The minimum absolute atomic E-state index is 0.144. The van der Waals surface area contributed by atoms with E-state index in [0.29, 0.717) is 25.1 Å². The lowest BCUT2D eigenvalue weighted by Crippen LogP contribution is -2.56. The first-order valence-corrected chi connectivity index (χ1v) is 11.4. The fourth-order valence-electron chi connectivity index (χ4n) is 3.79. The summed E-state index contributed by atoms with van der Waals surface area (Å²) >= 11 is 0. The second-order valence-electron chi connectivity index (χ2n) is 8.81. The number of likely N-dealkylation sites (tertiary alicyclic amines) is 1. The molecule has 1 saturated heterocycles. The van der Waals surface area contributed by atoms with Crippen LogP contribution in [0.25, 0.3) is 0 Å². The number of anilines is 1. The van der Waals surface area contributed by atoms with Gasteiger partial charge in [-0.3, -0.25) is 24.0 Å². The molecule has 1 fully saturated rings. The summed E-state index contributed by atoms with van der Waals surface area (Å²) in [6, 6.07) is 4.61. The number of carbonyl (C=O) groups is 5. The van der Waals surface area contributed by atoms with Gasteiger partial charge in [-0.1, -0.05) is 26.0 Å². The zero-order valence-electron chi connectivity index (χ0n) is 20.3. The fourth-order valence-corrected chi connectivity index (χ4v) is 3.79. The minimum atomic E-state index is -0.807. The van der Waals surface area contributed by atoms with Crippen molar-refractivity contribution in [3.8, 4) is 0 Å². The number of carbonyl (C=O) groups excluding carboxylic acids is 5. The first-order valence-electron chi connectivity index (χ1n) is 11.4. The van der Waals surface area contributed by atoms with Crippen LogP contribution in [0.3, 0.4) is 0 Å². The summed E-state index contributed by atoms with van der Waals surface area (Å²) in [5.74, 6) is -2.00. The minimum Gasteiger partial charge on any atom is -0.461 e. The third kappa shape index (κ3) is 7.57. The van der Waals surface area contributed by atoms with E-state index in [9.17, 15) is 24.0 Å². The molecule has 0 bridgehead atoms. The van der Waals surface area contributed by atoms with E-state index >= 15 is 0 Å². The highest BCUT2D eigenvalue weighted by molar-refractivity contribution is 5.99. The summed E-state index contributed by atoms with van der Waals surface area (Å²) in [6.07, 6.45) is 1.15. The number of nitrogens with zero attached hydrogens (tertiary/aromatic N) is 1. The quantitative estimate of drug-likeness (QED) is 0.463. The molecule has 34 heavy (non-hydrogen) atoms. The summed E-state index contributed by atoms with van der Waals surface area (Å²) in [5.41, 5.74) is 1.32. The lowest BCUT2D eigenvalue weighted by Gasteiger charge is -2.29. The normalized spacial score (nSPS) is 17.0. The van der Waals surface area contributed by atoms with E-state index in [-0.39, 0.29) is 36.2 Å². The van der Waals surface area contributed by atoms with Gasteiger partial charge in [0.25, 0.3) is 0 Å². The predicted octanol–water partition coefficient (Wildman–Crippen LogP) is 1.34. The van der Waals surface area contributed by atoms with Crippen molar-refractivity contribution in [2.24, 2.45) is 5.92 Å². The van der Waals surface area contributed by atoms with Crippen LogP contribution in [0, 0.1) is 5.92 Å². The Bertz CT molecular complexity index is 915. The summed E-state index contributed by atoms with van der Waals surface area (Å²) in [5, 5.41) is 8.14. The molecule has 1 aliphatic heterocycles. The van der Waals surface area contributed by atoms with E-state index in [1.807, 2.05) is 13.8 Å². The third-order valence-electron chi connectivity index (χ3n) is 5.54. The van der Waals surface area contributed by atoms with Crippen LogP contribution in [0.5, 0.6) is 0 Å². The molecule has 3 N–H and O–H groups in total. The Kier molecular flexibility index (Phi) is 9.58. The van der Waals surface area contributed by atoms with E-state index < -0.39 is 24.0 Å². The van der Waals surface area contributed by atoms with Gasteiger partial charge in [-0.25, -0.2) is 0 Å². The van der Waals surface area contributed by atoms with E-state index in [4.69, 9.17) is 4.74 Å². The van der Waals surface area contributed by atoms with Gasteiger partial charge in [0.2, 0.25) is 23.6 Å². The zero-order valence-corrected chi connectivity index (χ0v) is 20.3. The molecule has 3 atom stereocenters. The number of hydrogen-bond acceptors (Lipinski definition) is 6. The molecule has 10 heteroatoms. The molecule has 0 radical (unpaired) electrons. The molecule has 1 aromatic carbocycles. The molecule has 1 aliphatic rings. The standard InChI is InChI=1S/C24H34N4O6/c1-14(2)21(23(32)26-19-10-8-18(9-11-19)13-34-17(5)30)27-22(31)20-7-6-12-28(20)24(33)15(3)25-16(4)29/h8-11,14-15,20-21H,6-7,12-13H2,1-5H3,(H,25,29)(H,26,32)(H,27,31)/t15-,20-,21-/m0/s1. The van der Waals surface area contributed by atoms with Crippen molar-refractivity contribution in [2.75, 3.05) is 11.9 Å². The first-order chi connectivity index (χ1) is 16.0. The summed E-state index contributed by atoms with van der Waals surface area (Å²) in [7, 11) is 0. The van der Waals surface area contributed by atoms with Gasteiger partial charge < -0.3 is 25.6 Å². The van der Waals surface area contributed by atoms with E-state index in [0.717, 1.165) is 5.56 Å². The number of rotatable bonds is 9. The Labute approximate surface area is 199 Å². The van der Waals surface area contributed by atoms with Crippen LogP contribution < -0.4 is 16.0 Å². The third-order valence-corrected chi connectivity index (χ3v) is 5.54. The molecule has 0 unspecified atom stereocenters. The van der Waals surface area contributed by atoms with Crippen molar-refractivity contribution >= 4 is 35.3 Å². The van der Waals surface area contributed by atoms with Crippen LogP contribution >= 0.6 is 0 Å². The molecule has 0 spiro atoms. The van der Waals surface area contributed by atoms with Gasteiger partial charge in [-0.15, -0.1) is 0 Å². The van der Waals surface area contributed by atoms with Crippen molar-refractivity contribution in [1.29, 1.82) is 0 Å². The monoisotopic (exact) mass is 474 g/mol. The first kappa shape index (κ1) is 26.8. The highest BCUT2D eigenvalue weighted by atomic mass is 16.5. The molecule has 186 valence electrons. The van der Waals surface area contributed by atoms with E-state index in [1.165, 1.54) is 18.7 Å². The zero-order chi connectivity index (χ0) is 25.4. The SMILES string of the molecule is CC(=O)N[C@@H](C)C(=O)N1CCC[C@H]1C(=O)N[C@H](C(=O)Nc1ccc(COC(C)=O)cc1)C(C)C. The van der Waals surface area contributed by atoms with Crippen LogP contribution in [0.15, 0.2) is 24.3 Å². The molecule has 1 heterocycles. The molecular weight excluding hydrogens is 440 g/mol. The average Bonchev–Trinajstić information content (AvgIpc) is 3.25. The maximum atomic E-state index is 13.0. The Morgan fingerprint density at radius 2 is 1.68 bits per heavy atom. The number of amides is 4. The van der Waals surface area contributed by atoms with Crippen molar-refractivity contribution in [3.63, 3.8) is 0 Å². The number of nitrogens with one attached hydrogen (secondary N) is 3. The molecule has 2 rings (SSSR count). The highest BCUT2D eigenvalue weighted by Crippen LogP contribution is 2.20. The van der Waals surface area contributed by atoms with Crippen molar-refractivity contribution in [1.82, 2.24) is 15.5 Å². The van der Waals surface area contributed by atoms with Crippen molar-refractivity contribution in [3.05, 3.63) is 29.8 Å². The summed E-state index contributed by atoms with van der Waals surface area (Å²) in [4.78, 5) is 62.4. The topological polar surface area (TPSA) is 134 Å². The molecule has 0 aliphatic carbocycles. The molecule has 0 saturated carbocycles. The Hall–Kier alpha value is -3.43. The molecule has 4 amide bonds. The van der Waals surface area contributed by atoms with Crippen molar-refractivity contribution < 1.29 is 28.7 Å². The lowest BCUT2D eigenvalue weighted by atomic mass is 10.0. The largest absolute Gasteiger partial charge is 0.461 e. The van der Waals surface area contributed by atoms with Gasteiger partial charge in [-0.05, 0) is 43.4 Å². The summed E-state index contributed by atoms with van der Waals surface area (Å²) < 4.78 is 4.95. The lowest BCUT2D eigenvalue weighted by molar-refractivity contribution is -0.142. The van der Waals surface area contributed by atoms with Crippen molar-refractivity contribution in [2.45, 2.75) is 72.2 Å².